The zero-order chi connectivity index (χ0) is 20.9. The molecule has 2 heterocycles. The summed E-state index contributed by atoms with van der Waals surface area (Å²) in [6.45, 7) is 1.41. The highest BCUT2D eigenvalue weighted by molar-refractivity contribution is 7.13. The number of hydrogen-bond donors (Lipinski definition) is 2. The first-order valence-electron chi connectivity index (χ1n) is 10.5. The van der Waals surface area contributed by atoms with Crippen LogP contribution in [0.25, 0.3) is 0 Å². The van der Waals surface area contributed by atoms with Crippen LogP contribution in [-0.2, 0) is 0 Å². The van der Waals surface area contributed by atoms with E-state index in [1.807, 2.05) is 4.90 Å². The standard InChI is InChI=1S/C21H27N5O3S/c1-29-17-8-6-16(7-9-17)22-18(27)20-25-24-19(30-20)14-10-12-26(13-11-14)21(28)23-15-4-2-3-5-15/h6-9,14-15H,2-5,10-13H2,1H3,(H,22,27)(H,23,28). The molecule has 1 aromatic heterocycles. The first-order valence-corrected chi connectivity index (χ1v) is 11.3. The van der Waals surface area contributed by atoms with E-state index in [1.54, 1.807) is 31.4 Å². The summed E-state index contributed by atoms with van der Waals surface area (Å²) >= 11 is 1.33. The number of hydrogen-bond acceptors (Lipinski definition) is 6. The van der Waals surface area contributed by atoms with Crippen LogP contribution in [-0.4, -0.2) is 53.3 Å². The van der Waals surface area contributed by atoms with Crippen molar-refractivity contribution in [2.45, 2.75) is 50.5 Å². The van der Waals surface area contributed by atoms with Crippen molar-refractivity contribution in [1.29, 1.82) is 0 Å². The van der Waals surface area contributed by atoms with Crippen molar-refractivity contribution in [3.05, 3.63) is 34.3 Å². The van der Waals surface area contributed by atoms with Crippen molar-refractivity contribution in [3.8, 4) is 5.75 Å². The fraction of sp³-hybridized carbons (Fsp3) is 0.524. The summed E-state index contributed by atoms with van der Waals surface area (Å²) in [5.74, 6) is 0.701. The first-order chi connectivity index (χ1) is 14.6. The molecule has 1 aliphatic heterocycles. The van der Waals surface area contributed by atoms with Crippen molar-refractivity contribution in [2.75, 3.05) is 25.5 Å². The normalized spacial score (nSPS) is 17.7. The second kappa shape index (κ2) is 9.42. The lowest BCUT2D eigenvalue weighted by atomic mass is 9.98. The number of urea groups is 1. The summed E-state index contributed by atoms with van der Waals surface area (Å²) in [6, 6.07) is 7.54. The van der Waals surface area contributed by atoms with Crippen LogP contribution in [0.2, 0.25) is 0 Å². The van der Waals surface area contributed by atoms with E-state index >= 15 is 0 Å². The molecule has 2 aliphatic rings. The van der Waals surface area contributed by atoms with E-state index in [4.69, 9.17) is 4.74 Å². The Labute approximate surface area is 180 Å². The van der Waals surface area contributed by atoms with Crippen molar-refractivity contribution in [3.63, 3.8) is 0 Å². The number of carbonyl (C=O) groups is 2. The van der Waals surface area contributed by atoms with E-state index in [1.165, 1.54) is 24.2 Å². The molecule has 0 atom stereocenters. The number of likely N-dealkylation sites (tertiary alicyclic amines) is 1. The lowest BCUT2D eigenvalue weighted by Gasteiger charge is -2.31. The lowest BCUT2D eigenvalue weighted by Crippen LogP contribution is -2.47. The third-order valence-electron chi connectivity index (χ3n) is 5.80. The average Bonchev–Trinajstić information content (AvgIpc) is 3.47. The molecule has 2 N–H and O–H groups in total. The molecule has 1 aliphatic carbocycles. The molecule has 2 fully saturated rings. The fourth-order valence-corrected chi connectivity index (χ4v) is 4.92. The largest absolute Gasteiger partial charge is 0.497 e. The van der Waals surface area contributed by atoms with Gasteiger partial charge in [-0.3, -0.25) is 4.79 Å². The summed E-state index contributed by atoms with van der Waals surface area (Å²) in [6.07, 6.45) is 6.28. The van der Waals surface area contributed by atoms with Gasteiger partial charge in [0.25, 0.3) is 5.91 Å². The quantitative estimate of drug-likeness (QED) is 0.757. The van der Waals surface area contributed by atoms with Gasteiger partial charge in [0, 0.05) is 30.7 Å². The van der Waals surface area contributed by atoms with Gasteiger partial charge >= 0.3 is 6.03 Å². The molecular weight excluding hydrogens is 402 g/mol. The molecule has 1 saturated carbocycles. The number of nitrogens with zero attached hydrogens (tertiary/aromatic N) is 3. The number of carbonyl (C=O) groups excluding carboxylic acids is 2. The number of benzene rings is 1. The first kappa shape index (κ1) is 20.6. The molecule has 3 amide bonds. The van der Waals surface area contributed by atoms with Crippen molar-refractivity contribution < 1.29 is 14.3 Å². The number of rotatable bonds is 5. The molecule has 160 valence electrons. The molecule has 0 bridgehead atoms. The molecular formula is C21H27N5O3S. The fourth-order valence-electron chi connectivity index (χ4n) is 4.02. The maximum absolute atomic E-state index is 12.5. The van der Waals surface area contributed by atoms with Gasteiger partial charge in [0.05, 0.1) is 7.11 Å². The van der Waals surface area contributed by atoms with E-state index in [-0.39, 0.29) is 17.9 Å². The van der Waals surface area contributed by atoms with Gasteiger partial charge in [-0.2, -0.15) is 0 Å². The summed E-state index contributed by atoms with van der Waals surface area (Å²) in [7, 11) is 1.60. The zero-order valence-corrected chi connectivity index (χ0v) is 17.9. The summed E-state index contributed by atoms with van der Waals surface area (Å²) in [4.78, 5) is 26.8. The third-order valence-corrected chi connectivity index (χ3v) is 6.88. The van der Waals surface area contributed by atoms with Crippen molar-refractivity contribution in [2.24, 2.45) is 0 Å². The Morgan fingerprint density at radius 3 is 2.43 bits per heavy atom. The van der Waals surface area contributed by atoms with E-state index in [0.29, 0.717) is 29.8 Å². The molecule has 30 heavy (non-hydrogen) atoms. The Kier molecular flexibility index (Phi) is 6.47. The van der Waals surface area contributed by atoms with Crippen LogP contribution in [0.3, 0.4) is 0 Å². The lowest BCUT2D eigenvalue weighted by molar-refractivity contribution is 0.102. The smallest absolute Gasteiger partial charge is 0.317 e. The number of aromatic nitrogens is 2. The van der Waals surface area contributed by atoms with E-state index in [2.05, 4.69) is 20.8 Å². The highest BCUT2D eigenvalue weighted by Gasteiger charge is 2.28. The van der Waals surface area contributed by atoms with Crippen LogP contribution >= 0.6 is 11.3 Å². The predicted molar refractivity (Wildman–Crippen MR) is 115 cm³/mol. The highest BCUT2D eigenvalue weighted by atomic mass is 32.1. The number of methoxy groups -OCH3 is 1. The van der Waals surface area contributed by atoms with Gasteiger partial charge in [-0.25, -0.2) is 4.79 Å². The maximum Gasteiger partial charge on any atom is 0.317 e. The topological polar surface area (TPSA) is 96.4 Å². The minimum Gasteiger partial charge on any atom is -0.497 e. The van der Waals surface area contributed by atoms with Crippen LogP contribution < -0.4 is 15.4 Å². The molecule has 4 rings (SSSR count). The minimum atomic E-state index is -0.266. The Bertz CT molecular complexity index is 871. The average molecular weight is 430 g/mol. The van der Waals surface area contributed by atoms with E-state index in [0.717, 1.165) is 36.4 Å². The Balaban J connectivity index is 1.28. The van der Waals surface area contributed by atoms with Gasteiger partial charge in [-0.1, -0.05) is 24.2 Å². The molecule has 0 unspecified atom stereocenters. The SMILES string of the molecule is COc1ccc(NC(=O)c2nnc(C3CCN(C(=O)NC4CCCC4)CC3)s2)cc1. The number of amides is 3. The molecule has 1 aromatic carbocycles. The van der Waals surface area contributed by atoms with Crippen molar-refractivity contribution in [1.82, 2.24) is 20.4 Å². The Hall–Kier alpha value is -2.68. The molecule has 1 saturated heterocycles. The summed E-state index contributed by atoms with van der Waals surface area (Å²) < 4.78 is 5.12. The number of anilines is 1. The second-order valence-corrected chi connectivity index (χ2v) is 8.83. The molecule has 2 aromatic rings. The van der Waals surface area contributed by atoms with Crippen LogP contribution in [0.5, 0.6) is 5.75 Å². The maximum atomic E-state index is 12.5. The number of ether oxygens (including phenoxy) is 1. The minimum absolute atomic E-state index is 0.0529. The predicted octanol–water partition coefficient (Wildman–Crippen LogP) is 3.63. The van der Waals surface area contributed by atoms with Gasteiger partial charge in [0.15, 0.2) is 0 Å². The van der Waals surface area contributed by atoms with E-state index in [9.17, 15) is 9.59 Å². The van der Waals surface area contributed by atoms with Gasteiger partial charge in [0.1, 0.15) is 10.8 Å². The van der Waals surface area contributed by atoms with Gasteiger partial charge < -0.3 is 20.3 Å². The van der Waals surface area contributed by atoms with Gasteiger partial charge in [-0.15, -0.1) is 10.2 Å². The molecule has 8 nitrogen and oxygen atoms in total. The molecule has 0 radical (unpaired) electrons. The second-order valence-electron chi connectivity index (χ2n) is 7.82. The summed E-state index contributed by atoms with van der Waals surface area (Å²) in [5, 5.41) is 15.5. The number of piperidine rings is 1. The van der Waals surface area contributed by atoms with Gasteiger partial charge in [0.2, 0.25) is 5.01 Å². The zero-order valence-electron chi connectivity index (χ0n) is 17.1. The number of nitrogens with one attached hydrogen (secondary N) is 2. The van der Waals surface area contributed by atoms with Crippen molar-refractivity contribution >= 4 is 29.0 Å². The molecule has 9 heteroatoms. The summed E-state index contributed by atoms with van der Waals surface area (Å²) in [5.41, 5.74) is 0.680. The monoisotopic (exact) mass is 429 g/mol. The van der Waals surface area contributed by atoms with Crippen LogP contribution in [0.15, 0.2) is 24.3 Å². The van der Waals surface area contributed by atoms with Gasteiger partial charge in [-0.05, 0) is 49.9 Å². The third kappa shape index (κ3) is 4.89. The van der Waals surface area contributed by atoms with Crippen LogP contribution in [0, 0.1) is 0 Å². The Morgan fingerprint density at radius 2 is 1.77 bits per heavy atom. The van der Waals surface area contributed by atoms with Crippen LogP contribution in [0.4, 0.5) is 10.5 Å². The molecule has 0 spiro atoms. The Morgan fingerprint density at radius 1 is 1.07 bits per heavy atom. The van der Waals surface area contributed by atoms with E-state index < -0.39 is 0 Å². The van der Waals surface area contributed by atoms with Crippen LogP contribution in [0.1, 0.15) is 59.3 Å². The highest BCUT2D eigenvalue weighted by Crippen LogP contribution is 2.30.